The lowest BCUT2D eigenvalue weighted by Gasteiger charge is -2.14. The van der Waals surface area contributed by atoms with E-state index >= 15 is 0 Å². The minimum Gasteiger partial charge on any atom is -0.309 e. The van der Waals surface area contributed by atoms with Gasteiger partial charge in [0.1, 0.15) is 0 Å². The molecule has 0 N–H and O–H groups in total. The van der Waals surface area contributed by atoms with Gasteiger partial charge >= 0.3 is 0 Å². The molecule has 0 amide bonds. The molecule has 13 rings (SSSR count). The van der Waals surface area contributed by atoms with Crippen molar-refractivity contribution in [3.63, 3.8) is 0 Å². The minimum atomic E-state index is 1.16. The Kier molecular flexibility index (Phi) is 7.91. The van der Waals surface area contributed by atoms with Gasteiger partial charge in [-0.05, 0) is 119 Å². The van der Waals surface area contributed by atoms with E-state index < -0.39 is 0 Å². The van der Waals surface area contributed by atoms with Gasteiger partial charge in [0.05, 0.1) is 38.8 Å². The molecule has 0 unspecified atom stereocenters. The molecule has 0 fully saturated rings. The van der Waals surface area contributed by atoms with Crippen molar-refractivity contribution >= 4 is 65.4 Å². The van der Waals surface area contributed by atoms with Gasteiger partial charge in [0, 0.05) is 49.3 Å². The molecule has 3 nitrogen and oxygen atoms in total. The molecule has 0 aliphatic heterocycles. The van der Waals surface area contributed by atoms with Gasteiger partial charge in [-0.2, -0.15) is 0 Å². The molecule has 0 saturated heterocycles. The lowest BCUT2D eigenvalue weighted by atomic mass is 9.98. The summed E-state index contributed by atoms with van der Waals surface area (Å²) in [7, 11) is 0. The van der Waals surface area contributed by atoms with Crippen LogP contribution in [0.4, 0.5) is 0 Å². The molecule has 0 bridgehead atoms. The largest absolute Gasteiger partial charge is 0.309 e. The predicted octanol–water partition coefficient (Wildman–Crippen LogP) is 16.0. The Morgan fingerprint density at radius 1 is 0.206 bits per heavy atom. The molecule has 294 valence electrons. The molecule has 3 heterocycles. The summed E-state index contributed by atoms with van der Waals surface area (Å²) in [5, 5.41) is 7.44. The molecule has 3 aromatic heterocycles. The van der Waals surface area contributed by atoms with Crippen LogP contribution in [0.15, 0.2) is 237 Å². The Morgan fingerprint density at radius 3 is 1.00 bits per heavy atom. The molecule has 0 aliphatic rings. The average molecular weight is 802 g/mol. The molecule has 0 saturated carbocycles. The van der Waals surface area contributed by atoms with Crippen LogP contribution >= 0.6 is 0 Å². The molecule has 63 heavy (non-hydrogen) atoms. The maximum atomic E-state index is 2.47. The van der Waals surface area contributed by atoms with E-state index in [2.05, 4.69) is 250 Å². The maximum absolute atomic E-state index is 2.47. The molecule has 0 spiro atoms. The van der Waals surface area contributed by atoms with Crippen LogP contribution in [0.5, 0.6) is 0 Å². The van der Waals surface area contributed by atoms with Crippen molar-refractivity contribution < 1.29 is 0 Å². The molecule has 13 aromatic rings. The molecule has 3 heteroatoms. The van der Waals surface area contributed by atoms with Crippen LogP contribution < -0.4 is 0 Å². The van der Waals surface area contributed by atoms with Crippen LogP contribution in [0.3, 0.4) is 0 Å². The quantitative estimate of drug-likeness (QED) is 0.159. The van der Waals surface area contributed by atoms with Gasteiger partial charge < -0.3 is 13.7 Å². The van der Waals surface area contributed by atoms with Gasteiger partial charge in [-0.1, -0.05) is 146 Å². The Hall–Kier alpha value is -8.40. The monoisotopic (exact) mass is 801 g/mol. The first-order valence-corrected chi connectivity index (χ1v) is 21.7. The van der Waals surface area contributed by atoms with Crippen LogP contribution in [0.1, 0.15) is 0 Å². The second-order valence-electron chi connectivity index (χ2n) is 16.5. The fraction of sp³-hybridized carbons (Fsp3) is 0. The van der Waals surface area contributed by atoms with Crippen LogP contribution in [0.25, 0.3) is 116 Å². The summed E-state index contributed by atoms with van der Waals surface area (Å²) >= 11 is 0. The SMILES string of the molecule is c1ccc(-c2ccccc2-n2c3ccc(-c4ccc5c(c4)c4ccccc4n5-c4ccccc4)cc3c3cc(-c4ccc5c(c4)c4ccccc4n5-c4ccccc4)ccc32)cc1. The van der Waals surface area contributed by atoms with Crippen LogP contribution in [0, 0.1) is 0 Å². The first kappa shape index (κ1) is 35.4. The van der Waals surface area contributed by atoms with Crippen LogP contribution in [-0.2, 0) is 0 Å². The summed E-state index contributed by atoms with van der Waals surface area (Å²) in [6.45, 7) is 0. The second kappa shape index (κ2) is 14.1. The van der Waals surface area contributed by atoms with Crippen LogP contribution in [-0.4, -0.2) is 13.7 Å². The summed E-state index contributed by atoms with van der Waals surface area (Å²) in [6.07, 6.45) is 0. The number of rotatable bonds is 6. The van der Waals surface area contributed by atoms with Crippen molar-refractivity contribution in [3.8, 4) is 50.4 Å². The summed E-state index contributed by atoms with van der Waals surface area (Å²) in [6, 6.07) is 86.5. The number of benzene rings is 10. The van der Waals surface area contributed by atoms with E-state index in [9.17, 15) is 0 Å². The third kappa shape index (κ3) is 5.53. The summed E-state index contributed by atoms with van der Waals surface area (Å²) in [5.74, 6) is 0. The van der Waals surface area contributed by atoms with E-state index in [-0.39, 0.29) is 0 Å². The molecular formula is C60H39N3. The van der Waals surface area contributed by atoms with Crippen molar-refractivity contribution in [2.45, 2.75) is 0 Å². The van der Waals surface area contributed by atoms with Gasteiger partial charge in [-0.3, -0.25) is 0 Å². The molecule has 0 aliphatic carbocycles. The zero-order valence-corrected chi connectivity index (χ0v) is 34.4. The lowest BCUT2D eigenvalue weighted by Crippen LogP contribution is -1.97. The fourth-order valence-electron chi connectivity index (χ4n) is 10.2. The van der Waals surface area contributed by atoms with E-state index in [0.717, 1.165) is 5.69 Å². The van der Waals surface area contributed by atoms with E-state index in [1.54, 1.807) is 0 Å². The second-order valence-corrected chi connectivity index (χ2v) is 16.5. The Labute approximate surface area is 364 Å². The molecule has 0 atom stereocenters. The standard InChI is InChI=1S/C60H39N3/c1-4-16-40(17-5-1)47-22-10-13-25-54(47)63-59-34-30-43(41-28-32-57-50(36-41)48-23-11-14-26-55(48)61(57)45-18-6-2-7-19-45)38-52(59)53-39-44(31-35-60(53)63)42-29-33-58-51(37-42)49-24-12-15-27-56(49)62(58)46-20-8-3-9-21-46/h1-39H. The van der Waals surface area contributed by atoms with Gasteiger partial charge in [-0.15, -0.1) is 0 Å². The van der Waals surface area contributed by atoms with Crippen molar-refractivity contribution in [3.05, 3.63) is 237 Å². The molecular weight excluding hydrogens is 763 g/mol. The van der Waals surface area contributed by atoms with Crippen LogP contribution in [0.2, 0.25) is 0 Å². The Morgan fingerprint density at radius 2 is 0.540 bits per heavy atom. The highest BCUT2D eigenvalue weighted by atomic mass is 15.0. The lowest BCUT2D eigenvalue weighted by molar-refractivity contribution is 1.18. The summed E-state index contributed by atoms with van der Waals surface area (Å²) < 4.78 is 7.23. The Bertz CT molecular complexity index is 3670. The third-order valence-electron chi connectivity index (χ3n) is 13.0. The topological polar surface area (TPSA) is 14.8 Å². The smallest absolute Gasteiger partial charge is 0.0541 e. The van der Waals surface area contributed by atoms with E-state index in [0.29, 0.717) is 0 Å². The van der Waals surface area contributed by atoms with Gasteiger partial charge in [0.25, 0.3) is 0 Å². The van der Waals surface area contributed by atoms with E-state index in [1.807, 2.05) is 0 Å². The summed E-state index contributed by atoms with van der Waals surface area (Å²) in [5.41, 5.74) is 17.8. The highest BCUT2D eigenvalue weighted by molar-refractivity contribution is 6.15. The van der Waals surface area contributed by atoms with Crippen molar-refractivity contribution in [1.29, 1.82) is 0 Å². The number of aromatic nitrogens is 3. The minimum absolute atomic E-state index is 1.16. The predicted molar refractivity (Wildman–Crippen MR) is 266 cm³/mol. The summed E-state index contributed by atoms with van der Waals surface area (Å²) in [4.78, 5) is 0. The zero-order valence-electron chi connectivity index (χ0n) is 34.4. The normalized spacial score (nSPS) is 11.8. The van der Waals surface area contributed by atoms with Crippen molar-refractivity contribution in [1.82, 2.24) is 13.7 Å². The zero-order chi connectivity index (χ0) is 41.4. The first-order chi connectivity index (χ1) is 31.3. The third-order valence-corrected chi connectivity index (χ3v) is 13.0. The first-order valence-electron chi connectivity index (χ1n) is 21.7. The van der Waals surface area contributed by atoms with Gasteiger partial charge in [0.2, 0.25) is 0 Å². The molecule has 10 aromatic carbocycles. The van der Waals surface area contributed by atoms with E-state index in [4.69, 9.17) is 0 Å². The number of hydrogen-bond donors (Lipinski definition) is 0. The highest BCUT2D eigenvalue weighted by Gasteiger charge is 2.20. The van der Waals surface area contributed by atoms with Gasteiger partial charge in [-0.25, -0.2) is 0 Å². The average Bonchev–Trinajstić information content (AvgIpc) is 3.99. The van der Waals surface area contributed by atoms with Crippen molar-refractivity contribution in [2.75, 3.05) is 0 Å². The number of nitrogens with zero attached hydrogens (tertiary/aromatic N) is 3. The maximum Gasteiger partial charge on any atom is 0.0541 e. The van der Waals surface area contributed by atoms with Crippen molar-refractivity contribution in [2.24, 2.45) is 0 Å². The Balaban J connectivity index is 1.03. The number of hydrogen-bond acceptors (Lipinski definition) is 0. The highest BCUT2D eigenvalue weighted by Crippen LogP contribution is 2.42. The fourth-order valence-corrected chi connectivity index (χ4v) is 10.2. The number of fused-ring (bicyclic) bond motifs is 9. The molecule has 0 radical (unpaired) electrons. The van der Waals surface area contributed by atoms with E-state index in [1.165, 1.54) is 110 Å². The number of para-hydroxylation sites is 5. The van der Waals surface area contributed by atoms with Gasteiger partial charge in [0.15, 0.2) is 0 Å².